The molecule has 0 heterocycles. The summed E-state index contributed by atoms with van der Waals surface area (Å²) < 4.78 is 5.27. The Kier molecular flexibility index (Phi) is 4.74. The highest BCUT2D eigenvalue weighted by atomic mass is 16.5. The second kappa shape index (κ2) is 7.30. The van der Waals surface area contributed by atoms with Gasteiger partial charge in [-0.1, -0.05) is 54.5 Å². The molecule has 0 fully saturated rings. The van der Waals surface area contributed by atoms with Crippen molar-refractivity contribution in [2.24, 2.45) is 0 Å². The first-order valence-electron chi connectivity index (χ1n) is 7.63. The van der Waals surface area contributed by atoms with Crippen LogP contribution in [0.3, 0.4) is 0 Å². The third-order valence-electron chi connectivity index (χ3n) is 3.65. The molecule has 0 aromatic heterocycles. The lowest BCUT2D eigenvalue weighted by atomic mass is 9.97. The topological polar surface area (TPSA) is 26.3 Å². The molecule has 0 aliphatic rings. The van der Waals surface area contributed by atoms with Crippen LogP contribution in [0.4, 0.5) is 0 Å². The van der Waals surface area contributed by atoms with E-state index in [-0.39, 0.29) is 5.78 Å². The van der Waals surface area contributed by atoms with E-state index in [1.165, 1.54) is 0 Å². The minimum Gasteiger partial charge on any atom is -0.497 e. The summed E-state index contributed by atoms with van der Waals surface area (Å²) in [5, 5.41) is 0. The van der Waals surface area contributed by atoms with Crippen molar-refractivity contribution in [3.8, 4) is 28.7 Å². The van der Waals surface area contributed by atoms with Gasteiger partial charge < -0.3 is 4.74 Å². The lowest BCUT2D eigenvalue weighted by Gasteiger charge is -2.08. The highest BCUT2D eigenvalue weighted by Gasteiger charge is 2.11. The average molecular weight is 312 g/mol. The number of carbonyl (C=O) groups is 1. The normalized spacial score (nSPS) is 9.71. The maximum absolute atomic E-state index is 12.6. The number of Topliss-reactive ketones (excluding diaryl/α,β-unsaturated/α-hetero) is 1. The molecule has 0 aliphatic carbocycles. The summed E-state index contributed by atoms with van der Waals surface area (Å²) >= 11 is 0. The zero-order valence-electron chi connectivity index (χ0n) is 13.3. The van der Waals surface area contributed by atoms with Crippen LogP contribution in [0.1, 0.15) is 15.9 Å². The van der Waals surface area contributed by atoms with Crippen molar-refractivity contribution < 1.29 is 9.53 Å². The first-order chi connectivity index (χ1) is 11.8. The van der Waals surface area contributed by atoms with Crippen molar-refractivity contribution in [3.05, 3.63) is 90.0 Å². The Morgan fingerprint density at radius 3 is 2.42 bits per heavy atom. The number of ether oxygens (including phenoxy) is 1. The maximum atomic E-state index is 12.6. The van der Waals surface area contributed by atoms with Crippen LogP contribution in [0.2, 0.25) is 0 Å². The largest absolute Gasteiger partial charge is 0.497 e. The Bertz CT molecular complexity index is 915. The van der Waals surface area contributed by atoms with Crippen molar-refractivity contribution in [1.29, 1.82) is 0 Å². The molecule has 0 N–H and O–H groups in total. The van der Waals surface area contributed by atoms with Crippen LogP contribution >= 0.6 is 0 Å². The SMILES string of the molecule is COc1cccc(-c2ccccc2C(=O)C#Cc2ccccc2)c1. The summed E-state index contributed by atoms with van der Waals surface area (Å²) in [5.41, 5.74) is 3.20. The molecule has 116 valence electrons. The zero-order chi connectivity index (χ0) is 16.8. The summed E-state index contributed by atoms with van der Waals surface area (Å²) in [6, 6.07) is 24.6. The minimum absolute atomic E-state index is 0.197. The smallest absolute Gasteiger partial charge is 0.236 e. The molecule has 2 heteroatoms. The highest BCUT2D eigenvalue weighted by molar-refractivity contribution is 6.13. The van der Waals surface area contributed by atoms with Crippen molar-refractivity contribution in [3.63, 3.8) is 0 Å². The first kappa shape index (κ1) is 15.6. The maximum Gasteiger partial charge on any atom is 0.236 e. The Balaban J connectivity index is 1.97. The van der Waals surface area contributed by atoms with Gasteiger partial charge in [-0.3, -0.25) is 4.79 Å². The van der Waals surface area contributed by atoms with Crippen LogP contribution in [0.15, 0.2) is 78.9 Å². The molecule has 3 aromatic rings. The molecule has 3 aromatic carbocycles. The number of rotatable bonds is 3. The van der Waals surface area contributed by atoms with E-state index in [4.69, 9.17) is 4.74 Å². The zero-order valence-corrected chi connectivity index (χ0v) is 13.3. The Morgan fingerprint density at radius 2 is 1.62 bits per heavy atom. The number of hydrogen-bond acceptors (Lipinski definition) is 2. The minimum atomic E-state index is -0.197. The lowest BCUT2D eigenvalue weighted by Crippen LogP contribution is -1.98. The van der Waals surface area contributed by atoms with E-state index in [1.54, 1.807) is 13.2 Å². The molecule has 3 rings (SSSR count). The molecule has 0 atom stereocenters. The number of carbonyl (C=O) groups excluding carboxylic acids is 1. The van der Waals surface area contributed by atoms with Gasteiger partial charge in [0, 0.05) is 11.1 Å². The Hall–Kier alpha value is -3.31. The molecule has 0 unspecified atom stereocenters. The van der Waals surface area contributed by atoms with E-state index >= 15 is 0 Å². The summed E-state index contributed by atoms with van der Waals surface area (Å²) in [6.45, 7) is 0. The summed E-state index contributed by atoms with van der Waals surface area (Å²) in [6.07, 6.45) is 0. The van der Waals surface area contributed by atoms with E-state index in [1.807, 2.05) is 72.8 Å². The van der Waals surface area contributed by atoms with Gasteiger partial charge in [0.1, 0.15) is 5.75 Å². The number of ketones is 1. The van der Waals surface area contributed by atoms with Crippen LogP contribution in [-0.4, -0.2) is 12.9 Å². The standard InChI is InChI=1S/C22H16O2/c1-24-19-11-7-10-18(16-19)20-12-5-6-13-21(20)22(23)15-14-17-8-3-2-4-9-17/h2-13,16H,1H3. The molecule has 24 heavy (non-hydrogen) atoms. The van der Waals surface area contributed by atoms with E-state index in [2.05, 4.69) is 11.8 Å². The summed E-state index contributed by atoms with van der Waals surface area (Å²) in [7, 11) is 1.63. The fourth-order valence-corrected chi connectivity index (χ4v) is 2.44. The van der Waals surface area contributed by atoms with Gasteiger partial charge in [0.25, 0.3) is 0 Å². The van der Waals surface area contributed by atoms with Gasteiger partial charge in [0.05, 0.1) is 7.11 Å². The molecule has 0 radical (unpaired) electrons. The van der Waals surface area contributed by atoms with Crippen molar-refractivity contribution >= 4 is 5.78 Å². The predicted octanol–water partition coefficient (Wildman–Crippen LogP) is 4.60. The fraction of sp³-hybridized carbons (Fsp3) is 0.0455. The van der Waals surface area contributed by atoms with E-state index in [0.717, 1.165) is 22.4 Å². The van der Waals surface area contributed by atoms with Gasteiger partial charge in [-0.15, -0.1) is 0 Å². The van der Waals surface area contributed by atoms with Gasteiger partial charge in [0.15, 0.2) is 0 Å². The molecule has 0 saturated carbocycles. The second-order valence-electron chi connectivity index (χ2n) is 5.22. The van der Waals surface area contributed by atoms with E-state index in [9.17, 15) is 4.79 Å². The Morgan fingerprint density at radius 1 is 0.875 bits per heavy atom. The fourth-order valence-electron chi connectivity index (χ4n) is 2.44. The first-order valence-corrected chi connectivity index (χ1v) is 7.63. The Labute approximate surface area is 141 Å². The summed E-state index contributed by atoms with van der Waals surface area (Å²) in [5.74, 6) is 6.21. The lowest BCUT2D eigenvalue weighted by molar-refractivity contribution is 0.105. The van der Waals surface area contributed by atoms with Crippen molar-refractivity contribution in [2.75, 3.05) is 7.11 Å². The molecule has 0 aliphatic heterocycles. The second-order valence-corrected chi connectivity index (χ2v) is 5.22. The van der Waals surface area contributed by atoms with Crippen molar-refractivity contribution in [2.45, 2.75) is 0 Å². The van der Waals surface area contributed by atoms with E-state index in [0.29, 0.717) is 5.56 Å². The molecule has 0 amide bonds. The average Bonchev–Trinajstić information content (AvgIpc) is 2.67. The quantitative estimate of drug-likeness (QED) is 0.522. The molecule has 0 bridgehead atoms. The molecule has 0 spiro atoms. The molecular weight excluding hydrogens is 296 g/mol. The van der Waals surface area contributed by atoms with Crippen LogP contribution in [-0.2, 0) is 0 Å². The number of methoxy groups -OCH3 is 1. The molecular formula is C22H16O2. The van der Waals surface area contributed by atoms with E-state index < -0.39 is 0 Å². The van der Waals surface area contributed by atoms with Crippen LogP contribution in [0, 0.1) is 11.8 Å². The van der Waals surface area contributed by atoms with Gasteiger partial charge in [-0.05, 0) is 47.4 Å². The number of benzene rings is 3. The van der Waals surface area contributed by atoms with Gasteiger partial charge >= 0.3 is 0 Å². The van der Waals surface area contributed by atoms with Crippen LogP contribution in [0.5, 0.6) is 5.75 Å². The highest BCUT2D eigenvalue weighted by Crippen LogP contribution is 2.27. The van der Waals surface area contributed by atoms with Crippen LogP contribution in [0.25, 0.3) is 11.1 Å². The van der Waals surface area contributed by atoms with Crippen LogP contribution < -0.4 is 4.74 Å². The third-order valence-corrected chi connectivity index (χ3v) is 3.65. The van der Waals surface area contributed by atoms with Gasteiger partial charge in [0.2, 0.25) is 5.78 Å². The van der Waals surface area contributed by atoms with Gasteiger partial charge in [-0.2, -0.15) is 0 Å². The van der Waals surface area contributed by atoms with Crippen molar-refractivity contribution in [1.82, 2.24) is 0 Å². The predicted molar refractivity (Wildman–Crippen MR) is 96.1 cm³/mol. The summed E-state index contributed by atoms with van der Waals surface area (Å²) in [4.78, 5) is 12.6. The third kappa shape index (κ3) is 3.53. The molecule has 0 saturated heterocycles. The van der Waals surface area contributed by atoms with Gasteiger partial charge in [-0.25, -0.2) is 0 Å². The monoisotopic (exact) mass is 312 g/mol. The number of hydrogen-bond donors (Lipinski definition) is 0. The molecule has 2 nitrogen and oxygen atoms in total.